The second-order valence-corrected chi connectivity index (χ2v) is 3.96. The van der Waals surface area contributed by atoms with Gasteiger partial charge in [0.1, 0.15) is 0 Å². The Morgan fingerprint density at radius 3 is 2.67 bits per heavy atom. The quantitative estimate of drug-likeness (QED) is 0.535. The molecule has 0 spiro atoms. The molecule has 0 N–H and O–H groups in total. The van der Waals surface area contributed by atoms with E-state index in [0.717, 1.165) is 25.9 Å². The second-order valence-electron chi connectivity index (χ2n) is 3.96. The van der Waals surface area contributed by atoms with Gasteiger partial charge in [-0.2, -0.15) is 0 Å². The van der Waals surface area contributed by atoms with Crippen molar-refractivity contribution in [1.82, 2.24) is 10.0 Å². The number of fused-ring (bicyclic) bond motifs is 1. The Hall–Kier alpha value is -0.570. The van der Waals surface area contributed by atoms with E-state index in [0.29, 0.717) is 11.9 Å². The van der Waals surface area contributed by atoms with E-state index in [9.17, 15) is 4.79 Å². The van der Waals surface area contributed by atoms with Crippen LogP contribution in [0.3, 0.4) is 0 Å². The fourth-order valence-electron chi connectivity index (χ4n) is 2.11. The van der Waals surface area contributed by atoms with E-state index in [1.165, 1.54) is 0 Å². The Morgan fingerprint density at radius 2 is 1.92 bits per heavy atom. The highest BCUT2D eigenvalue weighted by Gasteiger charge is 2.38. The van der Waals surface area contributed by atoms with Gasteiger partial charge in [-0.15, -0.1) is 0 Å². The summed E-state index contributed by atoms with van der Waals surface area (Å²) < 4.78 is 0. The van der Waals surface area contributed by atoms with Crippen molar-refractivity contribution in [2.24, 2.45) is 5.92 Å². The zero-order valence-electron chi connectivity index (χ0n) is 7.79. The largest absolute Gasteiger partial charge is 0.273 e. The smallest absolute Gasteiger partial charge is 0.239 e. The van der Waals surface area contributed by atoms with Crippen LogP contribution < -0.4 is 0 Å². The molecule has 2 rings (SSSR count). The number of hydrogen-bond donors (Lipinski definition) is 0. The van der Waals surface area contributed by atoms with Crippen molar-refractivity contribution in [3.63, 3.8) is 0 Å². The first-order valence-electron chi connectivity index (χ1n) is 4.78. The van der Waals surface area contributed by atoms with Gasteiger partial charge in [-0.1, -0.05) is 6.92 Å². The molecule has 1 unspecified atom stereocenters. The van der Waals surface area contributed by atoms with Crippen molar-refractivity contribution < 1.29 is 4.79 Å². The summed E-state index contributed by atoms with van der Waals surface area (Å²) in [5.41, 5.74) is 0. The van der Waals surface area contributed by atoms with Gasteiger partial charge in [0.05, 0.1) is 0 Å². The van der Waals surface area contributed by atoms with Crippen molar-refractivity contribution in [2.75, 3.05) is 13.1 Å². The van der Waals surface area contributed by atoms with Gasteiger partial charge in [0, 0.05) is 25.0 Å². The normalized spacial score (nSPS) is 37.2. The molecule has 2 aliphatic heterocycles. The van der Waals surface area contributed by atoms with Gasteiger partial charge in [0.25, 0.3) is 0 Å². The highest BCUT2D eigenvalue weighted by atomic mass is 16.2. The molecule has 3 nitrogen and oxygen atoms in total. The van der Waals surface area contributed by atoms with Crippen molar-refractivity contribution in [2.45, 2.75) is 32.7 Å². The summed E-state index contributed by atoms with van der Waals surface area (Å²) in [6, 6.07) is 0.431. The first-order chi connectivity index (χ1) is 5.70. The van der Waals surface area contributed by atoms with Crippen LogP contribution in [-0.4, -0.2) is 35.1 Å². The number of rotatable bonds is 0. The van der Waals surface area contributed by atoms with Crippen LogP contribution in [0, 0.1) is 5.92 Å². The minimum Gasteiger partial charge on any atom is -0.273 e. The van der Waals surface area contributed by atoms with Crippen LogP contribution in [0.4, 0.5) is 0 Å². The predicted molar refractivity (Wildman–Crippen MR) is 46.3 cm³/mol. The summed E-state index contributed by atoms with van der Waals surface area (Å²) in [6.07, 6.45) is 2.17. The minimum atomic E-state index is 0.238. The molecule has 0 saturated carbocycles. The molecule has 3 heteroatoms. The molecule has 0 aliphatic carbocycles. The molecular formula is C9H16N2O. The summed E-state index contributed by atoms with van der Waals surface area (Å²) >= 11 is 0. The lowest BCUT2D eigenvalue weighted by Gasteiger charge is -2.37. The highest BCUT2D eigenvalue weighted by molar-refractivity contribution is 5.79. The summed E-state index contributed by atoms with van der Waals surface area (Å²) in [5.74, 6) is 0.563. The Labute approximate surface area is 73.3 Å². The zero-order chi connectivity index (χ0) is 8.72. The third-order valence-electron chi connectivity index (χ3n) is 2.99. The van der Waals surface area contributed by atoms with Crippen LogP contribution in [0.5, 0.6) is 0 Å². The van der Waals surface area contributed by atoms with Gasteiger partial charge in [-0.3, -0.25) is 9.80 Å². The van der Waals surface area contributed by atoms with Crippen molar-refractivity contribution in [3.8, 4) is 0 Å². The third-order valence-corrected chi connectivity index (χ3v) is 2.99. The number of hydrogen-bond acceptors (Lipinski definition) is 2. The molecule has 2 heterocycles. The van der Waals surface area contributed by atoms with E-state index in [1.807, 2.05) is 11.9 Å². The van der Waals surface area contributed by atoms with Crippen molar-refractivity contribution >= 4 is 5.91 Å². The van der Waals surface area contributed by atoms with E-state index in [1.54, 1.807) is 0 Å². The van der Waals surface area contributed by atoms with E-state index < -0.39 is 0 Å². The van der Waals surface area contributed by atoms with Gasteiger partial charge >= 0.3 is 0 Å². The highest BCUT2D eigenvalue weighted by Crippen LogP contribution is 2.26. The number of hydrazine groups is 1. The van der Waals surface area contributed by atoms with Gasteiger partial charge in [-0.05, 0) is 19.8 Å². The summed E-state index contributed by atoms with van der Waals surface area (Å²) in [5, 5.41) is 4.17. The Balaban J connectivity index is 2.17. The molecule has 0 radical (unpaired) electrons. The van der Waals surface area contributed by atoms with E-state index in [4.69, 9.17) is 0 Å². The molecule has 0 bridgehead atoms. The molecule has 12 heavy (non-hydrogen) atoms. The molecule has 0 aromatic carbocycles. The molecule has 2 fully saturated rings. The van der Waals surface area contributed by atoms with Gasteiger partial charge in [0.15, 0.2) is 0 Å². The third kappa shape index (κ3) is 1.04. The number of amides is 1. The van der Waals surface area contributed by atoms with Gasteiger partial charge in [-0.25, -0.2) is 5.01 Å². The summed E-state index contributed by atoms with van der Waals surface area (Å²) in [6.45, 7) is 6.30. The van der Waals surface area contributed by atoms with Crippen LogP contribution in [0.2, 0.25) is 0 Å². The van der Waals surface area contributed by atoms with E-state index >= 15 is 0 Å². The fraction of sp³-hybridized carbons (Fsp3) is 0.889. The average Bonchev–Trinajstić information content (AvgIpc) is 2.41. The molecule has 68 valence electrons. The monoisotopic (exact) mass is 168 g/mol. The van der Waals surface area contributed by atoms with E-state index in [2.05, 4.69) is 11.9 Å². The van der Waals surface area contributed by atoms with Crippen LogP contribution in [0.1, 0.15) is 26.7 Å². The predicted octanol–water partition coefficient (Wildman–Crippen LogP) is 0.864. The van der Waals surface area contributed by atoms with Crippen LogP contribution in [0.15, 0.2) is 0 Å². The van der Waals surface area contributed by atoms with Crippen LogP contribution in [-0.2, 0) is 4.79 Å². The number of carbonyl (C=O) groups excluding carboxylic acids is 1. The first-order valence-corrected chi connectivity index (χ1v) is 4.78. The van der Waals surface area contributed by atoms with Crippen LogP contribution >= 0.6 is 0 Å². The van der Waals surface area contributed by atoms with Gasteiger partial charge in [0.2, 0.25) is 5.91 Å². The average molecular weight is 168 g/mol. The zero-order valence-corrected chi connectivity index (χ0v) is 7.79. The molecular weight excluding hydrogens is 152 g/mol. The molecule has 0 aromatic rings. The molecule has 2 aliphatic rings. The topological polar surface area (TPSA) is 23.6 Å². The second kappa shape index (κ2) is 2.73. The maximum Gasteiger partial charge on any atom is 0.239 e. The van der Waals surface area contributed by atoms with Crippen molar-refractivity contribution in [1.29, 1.82) is 0 Å². The van der Waals surface area contributed by atoms with Gasteiger partial charge < -0.3 is 0 Å². The first kappa shape index (κ1) is 8.05. The summed E-state index contributed by atoms with van der Waals surface area (Å²) in [4.78, 5) is 11.7. The lowest BCUT2D eigenvalue weighted by molar-refractivity contribution is -0.158. The molecule has 1 amide bonds. The maximum atomic E-state index is 11.7. The lowest BCUT2D eigenvalue weighted by atomic mass is 10.0. The Bertz CT molecular complexity index is 205. The van der Waals surface area contributed by atoms with E-state index in [-0.39, 0.29) is 5.92 Å². The molecule has 2 atom stereocenters. The summed E-state index contributed by atoms with van der Waals surface area (Å²) in [7, 11) is 0. The lowest BCUT2D eigenvalue weighted by Crippen LogP contribution is -2.51. The number of carbonyl (C=O) groups is 1. The Morgan fingerprint density at radius 1 is 1.25 bits per heavy atom. The minimum absolute atomic E-state index is 0.238. The molecule has 0 aromatic heterocycles. The molecule has 2 saturated heterocycles. The standard InChI is InChI=1S/C9H16N2O/c1-7-3-5-10-6-4-8(2)11(10)9(7)12/h7-8H,3-6H2,1-2H3/t7?,8-/m1/s1. The van der Waals surface area contributed by atoms with Crippen molar-refractivity contribution in [3.05, 3.63) is 0 Å². The maximum absolute atomic E-state index is 11.7. The SMILES string of the molecule is CC1CCN2CC[C@@H](C)N2C1=O. The fourth-order valence-corrected chi connectivity index (χ4v) is 2.11. The van der Waals surface area contributed by atoms with Crippen LogP contribution in [0.25, 0.3) is 0 Å². The number of nitrogens with zero attached hydrogens (tertiary/aromatic N) is 2. The Kier molecular flexibility index (Phi) is 1.83.